The Morgan fingerprint density at radius 1 is 1.11 bits per heavy atom. The van der Waals surface area contributed by atoms with Gasteiger partial charge in [0.2, 0.25) is 5.12 Å². The molecule has 0 radical (unpaired) electrons. The van der Waals surface area contributed by atoms with Crippen molar-refractivity contribution < 1.29 is 24.6 Å². The highest BCUT2D eigenvalue weighted by atomic mass is 32.2. The van der Waals surface area contributed by atoms with Crippen LogP contribution in [-0.4, -0.2) is 33.0 Å². The van der Waals surface area contributed by atoms with Gasteiger partial charge in [-0.15, -0.1) is 0 Å². The molecule has 0 spiro atoms. The van der Waals surface area contributed by atoms with Crippen LogP contribution in [-0.2, 0) is 9.59 Å². The highest BCUT2D eigenvalue weighted by Gasteiger charge is 2.20. The van der Waals surface area contributed by atoms with Crippen LogP contribution < -0.4 is 0 Å². The van der Waals surface area contributed by atoms with E-state index < -0.39 is 17.9 Å². The van der Waals surface area contributed by atoms with Crippen LogP contribution in [0.1, 0.15) is 23.2 Å². The van der Waals surface area contributed by atoms with Crippen molar-refractivity contribution in [2.45, 2.75) is 12.8 Å². The molecule has 0 aromatic heterocycles. The van der Waals surface area contributed by atoms with Gasteiger partial charge in [-0.1, -0.05) is 42.1 Å². The topological polar surface area (TPSA) is 91.7 Å². The fourth-order valence-corrected chi connectivity index (χ4v) is 2.37. The number of carboxylic acid groups (broad SMARTS) is 2. The van der Waals surface area contributed by atoms with Crippen LogP contribution in [0.5, 0.6) is 0 Å². The van der Waals surface area contributed by atoms with Crippen LogP contribution >= 0.6 is 11.8 Å². The third-order valence-electron chi connectivity index (χ3n) is 2.48. The summed E-state index contributed by atoms with van der Waals surface area (Å²) in [4.78, 5) is 33.1. The van der Waals surface area contributed by atoms with Gasteiger partial charge in [0.15, 0.2) is 0 Å². The highest BCUT2D eigenvalue weighted by molar-refractivity contribution is 8.14. The average Bonchev–Trinajstić information content (AvgIpc) is 2.38. The monoisotopic (exact) mass is 282 g/mol. The minimum atomic E-state index is -1.07. The molecular weight excluding hydrogens is 268 g/mol. The largest absolute Gasteiger partial charge is 0.481 e. The lowest BCUT2D eigenvalue weighted by Gasteiger charge is -2.09. The standard InChI is InChI=1S/C13H14O5S/c14-11(15)7-6-10(12(16)17)8-19-13(18)9-4-2-1-3-5-9/h1-5,10H,6-8H2,(H,14,15)(H,16,17). The zero-order chi connectivity index (χ0) is 14.3. The maximum atomic E-state index is 11.8. The molecule has 1 aromatic carbocycles. The number of carbonyl (C=O) groups is 3. The third kappa shape index (κ3) is 5.56. The predicted octanol–water partition coefficient (Wildman–Crippen LogP) is 2.13. The smallest absolute Gasteiger partial charge is 0.307 e. The molecule has 0 aliphatic carbocycles. The van der Waals surface area contributed by atoms with E-state index in [0.717, 1.165) is 11.8 Å². The second-order valence-corrected chi connectivity index (χ2v) is 4.92. The summed E-state index contributed by atoms with van der Waals surface area (Å²) in [6.45, 7) is 0. The molecule has 0 amide bonds. The third-order valence-corrected chi connectivity index (χ3v) is 3.55. The number of rotatable bonds is 7. The first-order chi connectivity index (χ1) is 9.00. The quantitative estimate of drug-likeness (QED) is 0.796. The summed E-state index contributed by atoms with van der Waals surface area (Å²) in [7, 11) is 0. The van der Waals surface area contributed by atoms with E-state index in [9.17, 15) is 14.4 Å². The van der Waals surface area contributed by atoms with E-state index >= 15 is 0 Å². The Labute approximate surface area is 114 Å². The number of hydrogen-bond acceptors (Lipinski definition) is 4. The summed E-state index contributed by atoms with van der Waals surface area (Å²) in [5.41, 5.74) is 0.509. The molecule has 2 N–H and O–H groups in total. The minimum Gasteiger partial charge on any atom is -0.481 e. The first kappa shape index (κ1) is 15.2. The summed E-state index contributed by atoms with van der Waals surface area (Å²) < 4.78 is 0. The minimum absolute atomic E-state index is 0.0275. The van der Waals surface area contributed by atoms with Crippen molar-refractivity contribution >= 4 is 28.8 Å². The molecule has 0 fully saturated rings. The van der Waals surface area contributed by atoms with E-state index in [0.29, 0.717) is 5.56 Å². The molecule has 102 valence electrons. The Morgan fingerprint density at radius 2 is 1.74 bits per heavy atom. The van der Waals surface area contributed by atoms with Gasteiger partial charge in [-0.2, -0.15) is 0 Å². The van der Waals surface area contributed by atoms with Crippen molar-refractivity contribution in [1.29, 1.82) is 0 Å². The lowest BCUT2D eigenvalue weighted by Crippen LogP contribution is -2.18. The van der Waals surface area contributed by atoms with Gasteiger partial charge in [0.1, 0.15) is 0 Å². The van der Waals surface area contributed by atoms with Crippen molar-refractivity contribution in [3.8, 4) is 0 Å². The average molecular weight is 282 g/mol. The molecule has 0 saturated heterocycles. The molecule has 0 saturated carbocycles. The molecular formula is C13H14O5S. The fourth-order valence-electron chi connectivity index (χ4n) is 1.41. The van der Waals surface area contributed by atoms with Gasteiger partial charge in [0, 0.05) is 17.7 Å². The summed E-state index contributed by atoms with van der Waals surface area (Å²) in [5, 5.41) is 17.3. The Balaban J connectivity index is 2.50. The highest BCUT2D eigenvalue weighted by Crippen LogP contribution is 2.19. The van der Waals surface area contributed by atoms with Gasteiger partial charge >= 0.3 is 11.9 Å². The second kappa shape index (κ2) is 7.58. The van der Waals surface area contributed by atoms with E-state index in [-0.39, 0.29) is 23.7 Å². The molecule has 0 heterocycles. The zero-order valence-corrected chi connectivity index (χ0v) is 10.9. The van der Waals surface area contributed by atoms with E-state index in [1.807, 2.05) is 0 Å². The van der Waals surface area contributed by atoms with Crippen LogP contribution in [0.4, 0.5) is 0 Å². The molecule has 5 nitrogen and oxygen atoms in total. The normalized spacial score (nSPS) is 11.8. The lowest BCUT2D eigenvalue weighted by molar-refractivity contribution is -0.142. The van der Waals surface area contributed by atoms with Crippen LogP contribution in [0.3, 0.4) is 0 Å². The Morgan fingerprint density at radius 3 is 2.26 bits per heavy atom. The summed E-state index contributed by atoms with van der Waals surface area (Å²) in [5.74, 6) is -2.86. The van der Waals surface area contributed by atoms with Gasteiger partial charge in [-0.3, -0.25) is 14.4 Å². The summed E-state index contributed by atoms with van der Waals surface area (Å²) in [6, 6.07) is 8.55. The first-order valence-corrected chi connectivity index (χ1v) is 6.66. The number of thioether (sulfide) groups is 1. The van der Waals surface area contributed by atoms with Gasteiger partial charge in [0.25, 0.3) is 0 Å². The van der Waals surface area contributed by atoms with Gasteiger partial charge in [0.05, 0.1) is 5.92 Å². The number of carbonyl (C=O) groups excluding carboxylic acids is 1. The Hall–Kier alpha value is -1.82. The van der Waals surface area contributed by atoms with Crippen LogP contribution in [0.25, 0.3) is 0 Å². The maximum Gasteiger partial charge on any atom is 0.307 e. The van der Waals surface area contributed by atoms with Gasteiger partial charge in [-0.05, 0) is 6.42 Å². The van der Waals surface area contributed by atoms with Crippen molar-refractivity contribution in [2.24, 2.45) is 5.92 Å². The van der Waals surface area contributed by atoms with Crippen LogP contribution in [0.15, 0.2) is 30.3 Å². The van der Waals surface area contributed by atoms with E-state index in [1.165, 1.54) is 0 Å². The molecule has 1 rings (SSSR count). The van der Waals surface area contributed by atoms with E-state index in [2.05, 4.69) is 0 Å². The zero-order valence-electron chi connectivity index (χ0n) is 10.1. The van der Waals surface area contributed by atoms with Crippen molar-refractivity contribution in [3.63, 3.8) is 0 Å². The lowest BCUT2D eigenvalue weighted by atomic mass is 10.1. The molecule has 0 bridgehead atoms. The summed E-state index contributed by atoms with van der Waals surface area (Å²) >= 11 is 0.905. The maximum absolute atomic E-state index is 11.8. The van der Waals surface area contributed by atoms with Crippen molar-refractivity contribution in [2.75, 3.05) is 5.75 Å². The molecule has 6 heteroatoms. The SMILES string of the molecule is O=C(O)CCC(CSC(=O)c1ccccc1)C(=O)O. The van der Waals surface area contributed by atoms with Gasteiger partial charge < -0.3 is 10.2 Å². The van der Waals surface area contributed by atoms with Crippen LogP contribution in [0.2, 0.25) is 0 Å². The molecule has 0 aliphatic heterocycles. The van der Waals surface area contributed by atoms with Crippen molar-refractivity contribution in [1.82, 2.24) is 0 Å². The fraction of sp³-hybridized carbons (Fsp3) is 0.308. The van der Waals surface area contributed by atoms with E-state index in [1.54, 1.807) is 30.3 Å². The number of benzene rings is 1. The Kier molecular flexibility index (Phi) is 6.08. The first-order valence-electron chi connectivity index (χ1n) is 5.67. The second-order valence-electron chi connectivity index (χ2n) is 3.93. The molecule has 1 aromatic rings. The molecule has 19 heavy (non-hydrogen) atoms. The Bertz CT molecular complexity index is 457. The van der Waals surface area contributed by atoms with Crippen molar-refractivity contribution in [3.05, 3.63) is 35.9 Å². The molecule has 0 aliphatic rings. The number of aliphatic carboxylic acids is 2. The summed E-state index contributed by atoms with van der Waals surface area (Å²) in [6.07, 6.45) is -0.184. The predicted molar refractivity (Wildman–Crippen MR) is 71.2 cm³/mol. The van der Waals surface area contributed by atoms with Gasteiger partial charge in [-0.25, -0.2) is 0 Å². The number of carboxylic acids is 2. The molecule has 1 atom stereocenters. The molecule has 1 unspecified atom stereocenters. The number of hydrogen-bond donors (Lipinski definition) is 2. The van der Waals surface area contributed by atoms with Crippen LogP contribution in [0, 0.1) is 5.92 Å². The van der Waals surface area contributed by atoms with E-state index in [4.69, 9.17) is 10.2 Å².